The molecular formula is C23H23N3O2. The zero-order valence-electron chi connectivity index (χ0n) is 15.6. The summed E-state index contributed by atoms with van der Waals surface area (Å²) in [5, 5.41) is 6.36. The fourth-order valence-corrected chi connectivity index (χ4v) is 3.39. The van der Waals surface area contributed by atoms with E-state index in [4.69, 9.17) is 4.74 Å². The number of benzene rings is 2. The highest BCUT2D eigenvalue weighted by molar-refractivity contribution is 5.99. The van der Waals surface area contributed by atoms with Crippen LogP contribution in [0.3, 0.4) is 0 Å². The molecule has 1 heterocycles. The predicted octanol–water partition coefficient (Wildman–Crippen LogP) is 5.29. The van der Waals surface area contributed by atoms with E-state index < -0.39 is 0 Å². The second kappa shape index (κ2) is 8.57. The molecule has 5 nitrogen and oxygen atoms in total. The summed E-state index contributed by atoms with van der Waals surface area (Å²) in [6.45, 7) is 0. The van der Waals surface area contributed by atoms with E-state index in [0.29, 0.717) is 11.4 Å². The Balaban J connectivity index is 1.44. The summed E-state index contributed by atoms with van der Waals surface area (Å²) in [5.41, 5.74) is 1.40. The van der Waals surface area contributed by atoms with Gasteiger partial charge in [0, 0.05) is 17.9 Å². The molecule has 0 atom stereocenters. The first-order valence-electron chi connectivity index (χ1n) is 9.64. The molecule has 1 amide bonds. The minimum Gasteiger partial charge on any atom is -0.457 e. The van der Waals surface area contributed by atoms with Crippen LogP contribution < -0.4 is 15.4 Å². The normalized spacial score (nSPS) is 13.9. The van der Waals surface area contributed by atoms with E-state index in [9.17, 15) is 4.79 Å². The monoisotopic (exact) mass is 373 g/mol. The second-order valence-electron chi connectivity index (χ2n) is 6.92. The maximum absolute atomic E-state index is 12.7. The van der Waals surface area contributed by atoms with Gasteiger partial charge in [-0.1, -0.05) is 31.0 Å². The number of hydrogen-bond donors (Lipinski definition) is 2. The average Bonchev–Trinajstić information content (AvgIpc) is 3.24. The molecule has 0 saturated heterocycles. The number of hydrogen-bond acceptors (Lipinski definition) is 4. The Morgan fingerprint density at radius 2 is 1.61 bits per heavy atom. The van der Waals surface area contributed by atoms with Gasteiger partial charge in [0.25, 0.3) is 5.91 Å². The largest absolute Gasteiger partial charge is 0.457 e. The molecule has 28 heavy (non-hydrogen) atoms. The third-order valence-electron chi connectivity index (χ3n) is 4.84. The van der Waals surface area contributed by atoms with Crippen LogP contribution in [-0.2, 0) is 0 Å². The molecule has 142 valence electrons. The quantitative estimate of drug-likeness (QED) is 0.616. The number of pyridine rings is 1. The molecule has 1 fully saturated rings. The van der Waals surface area contributed by atoms with Crippen LogP contribution in [0.5, 0.6) is 11.5 Å². The Bertz CT molecular complexity index is 920. The summed E-state index contributed by atoms with van der Waals surface area (Å²) in [4.78, 5) is 17.0. The van der Waals surface area contributed by atoms with Crippen molar-refractivity contribution in [1.82, 2.24) is 10.3 Å². The van der Waals surface area contributed by atoms with Crippen LogP contribution >= 0.6 is 0 Å². The SMILES string of the molecule is O=C(NC1CCCC1)c1cccnc1Nc1ccc(Oc2ccccc2)cc1. The number of aromatic nitrogens is 1. The maximum Gasteiger partial charge on any atom is 0.255 e. The molecule has 0 radical (unpaired) electrons. The molecule has 0 bridgehead atoms. The van der Waals surface area contributed by atoms with Crippen molar-refractivity contribution in [2.45, 2.75) is 31.7 Å². The van der Waals surface area contributed by atoms with Crippen LogP contribution in [0, 0.1) is 0 Å². The van der Waals surface area contributed by atoms with Crippen LogP contribution in [-0.4, -0.2) is 16.9 Å². The van der Waals surface area contributed by atoms with Crippen molar-refractivity contribution in [3.8, 4) is 11.5 Å². The van der Waals surface area contributed by atoms with E-state index in [0.717, 1.165) is 30.0 Å². The number of carbonyl (C=O) groups is 1. The molecular weight excluding hydrogens is 350 g/mol. The van der Waals surface area contributed by atoms with Gasteiger partial charge in [-0.05, 0) is 61.4 Å². The van der Waals surface area contributed by atoms with Crippen LogP contribution in [0.25, 0.3) is 0 Å². The Morgan fingerprint density at radius 3 is 2.36 bits per heavy atom. The van der Waals surface area contributed by atoms with Gasteiger partial charge in [0.1, 0.15) is 17.3 Å². The van der Waals surface area contributed by atoms with Crippen molar-refractivity contribution in [1.29, 1.82) is 0 Å². The average molecular weight is 373 g/mol. The first kappa shape index (κ1) is 18.0. The van der Waals surface area contributed by atoms with Crippen molar-refractivity contribution in [3.63, 3.8) is 0 Å². The van der Waals surface area contributed by atoms with Crippen LogP contribution in [0.2, 0.25) is 0 Å². The lowest BCUT2D eigenvalue weighted by Gasteiger charge is -2.15. The van der Waals surface area contributed by atoms with E-state index in [1.165, 1.54) is 12.8 Å². The van der Waals surface area contributed by atoms with Gasteiger partial charge in [-0.15, -0.1) is 0 Å². The van der Waals surface area contributed by atoms with Crippen molar-refractivity contribution in [3.05, 3.63) is 78.5 Å². The number of anilines is 2. The standard InChI is InChI=1S/C23H23N3O2/c27-23(26-17-7-4-5-8-17)21-11-6-16-24-22(21)25-18-12-14-20(15-13-18)28-19-9-2-1-3-10-19/h1-3,6,9-17H,4-5,7-8H2,(H,24,25)(H,26,27). The van der Waals surface area contributed by atoms with Crippen LogP contribution in [0.4, 0.5) is 11.5 Å². The highest BCUT2D eigenvalue weighted by atomic mass is 16.5. The molecule has 1 saturated carbocycles. The summed E-state index contributed by atoms with van der Waals surface area (Å²) in [6.07, 6.45) is 6.15. The predicted molar refractivity (Wildman–Crippen MR) is 110 cm³/mol. The lowest BCUT2D eigenvalue weighted by Crippen LogP contribution is -2.33. The highest BCUT2D eigenvalue weighted by Gasteiger charge is 2.20. The van der Waals surface area contributed by atoms with Gasteiger partial charge in [0.15, 0.2) is 0 Å². The fourth-order valence-electron chi connectivity index (χ4n) is 3.39. The topological polar surface area (TPSA) is 63.2 Å². The summed E-state index contributed by atoms with van der Waals surface area (Å²) < 4.78 is 5.81. The van der Waals surface area contributed by atoms with Gasteiger partial charge in [0.05, 0.1) is 5.56 Å². The Morgan fingerprint density at radius 1 is 0.893 bits per heavy atom. The Kier molecular flexibility index (Phi) is 5.52. The number of nitrogens with zero attached hydrogens (tertiary/aromatic N) is 1. The summed E-state index contributed by atoms with van der Waals surface area (Å²) >= 11 is 0. The first-order chi connectivity index (χ1) is 13.8. The number of ether oxygens (including phenoxy) is 1. The second-order valence-corrected chi connectivity index (χ2v) is 6.92. The molecule has 0 unspecified atom stereocenters. The number of carbonyl (C=O) groups excluding carboxylic acids is 1. The summed E-state index contributed by atoms with van der Waals surface area (Å²) in [6, 6.07) is 21.1. The molecule has 1 aromatic heterocycles. The molecule has 3 aromatic rings. The van der Waals surface area contributed by atoms with Crippen LogP contribution in [0.1, 0.15) is 36.0 Å². The van der Waals surface area contributed by atoms with Crippen LogP contribution in [0.15, 0.2) is 72.9 Å². The number of nitrogens with one attached hydrogen (secondary N) is 2. The van der Waals surface area contributed by atoms with Crippen molar-refractivity contribution < 1.29 is 9.53 Å². The number of amides is 1. The molecule has 0 aliphatic heterocycles. The van der Waals surface area contributed by atoms with Gasteiger partial charge in [0.2, 0.25) is 0 Å². The highest BCUT2D eigenvalue weighted by Crippen LogP contribution is 2.25. The molecule has 2 aromatic carbocycles. The third kappa shape index (κ3) is 4.49. The van der Waals surface area contributed by atoms with Crippen molar-refractivity contribution in [2.75, 3.05) is 5.32 Å². The molecule has 2 N–H and O–H groups in total. The van der Waals surface area contributed by atoms with Gasteiger partial charge < -0.3 is 15.4 Å². The Hall–Kier alpha value is -3.34. The lowest BCUT2D eigenvalue weighted by molar-refractivity contribution is 0.0938. The lowest BCUT2D eigenvalue weighted by atomic mass is 10.2. The minimum atomic E-state index is -0.0773. The van der Waals surface area contributed by atoms with Crippen molar-refractivity contribution in [2.24, 2.45) is 0 Å². The maximum atomic E-state index is 12.7. The van der Waals surface area contributed by atoms with Gasteiger partial charge in [-0.3, -0.25) is 4.79 Å². The summed E-state index contributed by atoms with van der Waals surface area (Å²) in [5.74, 6) is 2.01. The van der Waals surface area contributed by atoms with E-state index in [-0.39, 0.29) is 11.9 Å². The number of para-hydroxylation sites is 1. The van der Waals surface area contributed by atoms with E-state index in [1.807, 2.05) is 54.6 Å². The zero-order chi connectivity index (χ0) is 19.2. The minimum absolute atomic E-state index is 0.0773. The molecule has 5 heteroatoms. The van der Waals surface area contributed by atoms with E-state index in [2.05, 4.69) is 15.6 Å². The molecule has 1 aliphatic rings. The zero-order valence-corrected chi connectivity index (χ0v) is 15.6. The van der Waals surface area contributed by atoms with Gasteiger partial charge in [-0.25, -0.2) is 4.98 Å². The first-order valence-corrected chi connectivity index (χ1v) is 9.64. The summed E-state index contributed by atoms with van der Waals surface area (Å²) in [7, 11) is 0. The Labute approximate surface area is 164 Å². The van der Waals surface area contributed by atoms with Gasteiger partial charge in [-0.2, -0.15) is 0 Å². The smallest absolute Gasteiger partial charge is 0.255 e. The van der Waals surface area contributed by atoms with Crippen molar-refractivity contribution >= 4 is 17.4 Å². The third-order valence-corrected chi connectivity index (χ3v) is 4.84. The van der Waals surface area contributed by atoms with Gasteiger partial charge >= 0.3 is 0 Å². The molecule has 1 aliphatic carbocycles. The van der Waals surface area contributed by atoms with E-state index in [1.54, 1.807) is 18.3 Å². The van der Waals surface area contributed by atoms with E-state index >= 15 is 0 Å². The molecule has 4 rings (SSSR count). The fraction of sp³-hybridized carbons (Fsp3) is 0.217. The number of rotatable bonds is 6. The molecule has 0 spiro atoms.